The van der Waals surface area contributed by atoms with E-state index in [9.17, 15) is 4.79 Å². The highest BCUT2D eigenvalue weighted by Crippen LogP contribution is 2.35. The summed E-state index contributed by atoms with van der Waals surface area (Å²) in [6.07, 6.45) is 1.45. The number of hydrogen-bond acceptors (Lipinski definition) is 6. The number of amides is 1. The van der Waals surface area contributed by atoms with Gasteiger partial charge in [-0.1, -0.05) is 23.2 Å². The molecule has 0 fully saturated rings. The molecule has 0 atom stereocenters. The van der Waals surface area contributed by atoms with Crippen LogP contribution in [0.2, 0.25) is 10.0 Å². The fourth-order valence-corrected chi connectivity index (χ4v) is 2.93. The van der Waals surface area contributed by atoms with Crippen LogP contribution in [-0.2, 0) is 0 Å². The monoisotopic (exact) mass is 339 g/mol. The van der Waals surface area contributed by atoms with Crippen LogP contribution in [0.15, 0.2) is 24.4 Å². The molecule has 0 aliphatic carbocycles. The smallest absolute Gasteiger partial charge is 0.255 e. The number of nitrogens with two attached hydrogens (primary N) is 1. The first-order chi connectivity index (χ1) is 10.1. The molecule has 0 saturated carbocycles. The maximum absolute atomic E-state index is 12.2. The molecular weight excluding hydrogens is 333 g/mol. The van der Waals surface area contributed by atoms with Crippen LogP contribution < -0.4 is 11.1 Å². The summed E-state index contributed by atoms with van der Waals surface area (Å²) in [6, 6.07) is 4.53. The minimum atomic E-state index is -0.373. The van der Waals surface area contributed by atoms with Crippen molar-refractivity contribution in [2.45, 2.75) is 0 Å². The van der Waals surface area contributed by atoms with E-state index >= 15 is 0 Å². The molecule has 3 aromatic rings. The quantitative estimate of drug-likeness (QED) is 0.747. The molecule has 0 aliphatic heterocycles. The van der Waals surface area contributed by atoms with Crippen molar-refractivity contribution < 1.29 is 4.79 Å². The first-order valence-corrected chi connectivity index (χ1v) is 7.18. The molecule has 0 aliphatic rings. The van der Waals surface area contributed by atoms with E-state index in [1.807, 2.05) is 0 Å². The summed E-state index contributed by atoms with van der Waals surface area (Å²) in [5.74, 6) is -0.118. The molecule has 2 aromatic heterocycles. The Bertz CT molecular complexity index is 851. The molecule has 9 heteroatoms. The van der Waals surface area contributed by atoms with Crippen molar-refractivity contribution in [2.24, 2.45) is 0 Å². The number of rotatable bonds is 2. The minimum absolute atomic E-state index is 0.255. The molecule has 3 rings (SSSR count). The highest BCUT2D eigenvalue weighted by atomic mass is 35.5. The Morgan fingerprint density at radius 2 is 1.95 bits per heavy atom. The summed E-state index contributed by atoms with van der Waals surface area (Å²) >= 11 is 13.2. The van der Waals surface area contributed by atoms with Crippen molar-refractivity contribution in [1.29, 1.82) is 0 Å². The Hall–Kier alpha value is -1.96. The summed E-state index contributed by atoms with van der Waals surface area (Å²) in [5, 5.41) is 3.37. The second-order valence-corrected chi connectivity index (χ2v) is 5.44. The lowest BCUT2D eigenvalue weighted by Crippen LogP contribution is -2.13. The summed E-state index contributed by atoms with van der Waals surface area (Å²) in [4.78, 5) is 16.1. The van der Waals surface area contributed by atoms with E-state index in [1.165, 1.54) is 18.3 Å². The second-order valence-electron chi connectivity index (χ2n) is 4.10. The van der Waals surface area contributed by atoms with E-state index in [2.05, 4.69) is 19.0 Å². The molecule has 0 spiro atoms. The molecule has 21 heavy (non-hydrogen) atoms. The van der Waals surface area contributed by atoms with Gasteiger partial charge in [-0.25, -0.2) is 4.98 Å². The number of nitrogens with one attached hydrogen (secondary N) is 1. The molecule has 106 valence electrons. The second kappa shape index (κ2) is 5.44. The fraction of sp³-hybridized carbons (Fsp3) is 0. The number of pyridine rings is 1. The molecule has 6 nitrogen and oxygen atoms in total. The molecular formula is C12H7Cl2N5OS. The average Bonchev–Trinajstić information content (AvgIpc) is 2.93. The number of nitrogens with zero attached hydrogens (tertiary/aromatic N) is 3. The van der Waals surface area contributed by atoms with Gasteiger partial charge in [0.1, 0.15) is 16.9 Å². The van der Waals surface area contributed by atoms with Gasteiger partial charge in [0, 0.05) is 11.8 Å². The lowest BCUT2D eigenvalue weighted by Gasteiger charge is -2.08. The standard InChI is InChI=1S/C12H7Cl2N5OS/c13-6-4-7(14)10-11(19-21-18-10)9(6)17-12(20)5-1-2-16-8(15)3-5/h1-4H,(H2,15,16)(H,17,20). The maximum Gasteiger partial charge on any atom is 0.255 e. The highest BCUT2D eigenvalue weighted by Gasteiger charge is 2.17. The number of aromatic nitrogens is 3. The van der Waals surface area contributed by atoms with Crippen LogP contribution in [0.1, 0.15) is 10.4 Å². The van der Waals surface area contributed by atoms with Gasteiger partial charge < -0.3 is 11.1 Å². The van der Waals surface area contributed by atoms with Crippen molar-refractivity contribution in [2.75, 3.05) is 11.1 Å². The fourth-order valence-electron chi connectivity index (χ4n) is 1.77. The number of halogens is 2. The van der Waals surface area contributed by atoms with E-state index < -0.39 is 0 Å². The van der Waals surface area contributed by atoms with E-state index in [0.717, 1.165) is 11.7 Å². The molecule has 0 radical (unpaired) electrons. The van der Waals surface area contributed by atoms with Gasteiger partial charge in [-0.05, 0) is 18.2 Å². The van der Waals surface area contributed by atoms with Crippen LogP contribution in [0.4, 0.5) is 11.5 Å². The highest BCUT2D eigenvalue weighted by molar-refractivity contribution is 7.00. The maximum atomic E-state index is 12.2. The van der Waals surface area contributed by atoms with Crippen molar-refractivity contribution >= 4 is 63.4 Å². The van der Waals surface area contributed by atoms with Crippen molar-refractivity contribution in [1.82, 2.24) is 13.7 Å². The van der Waals surface area contributed by atoms with Gasteiger partial charge in [0.05, 0.1) is 27.5 Å². The summed E-state index contributed by atoms with van der Waals surface area (Å²) < 4.78 is 8.19. The lowest BCUT2D eigenvalue weighted by atomic mass is 10.2. The number of fused-ring (bicyclic) bond motifs is 1. The third-order valence-corrected chi connectivity index (χ3v) is 3.84. The van der Waals surface area contributed by atoms with Crippen LogP contribution in [0.25, 0.3) is 11.0 Å². The molecule has 1 amide bonds. The molecule has 0 unspecified atom stereocenters. The topological polar surface area (TPSA) is 93.8 Å². The van der Waals surface area contributed by atoms with Crippen LogP contribution in [-0.4, -0.2) is 19.6 Å². The zero-order valence-corrected chi connectivity index (χ0v) is 12.6. The van der Waals surface area contributed by atoms with Gasteiger partial charge >= 0.3 is 0 Å². The molecule has 0 saturated heterocycles. The molecule has 2 heterocycles. The SMILES string of the molecule is Nc1cc(C(=O)Nc2c(Cl)cc(Cl)c3nsnc23)ccn1. The minimum Gasteiger partial charge on any atom is -0.384 e. The number of carbonyl (C=O) groups excluding carboxylic acids is 1. The van der Waals surface area contributed by atoms with Crippen molar-refractivity contribution in [3.05, 3.63) is 40.0 Å². The van der Waals surface area contributed by atoms with E-state index in [1.54, 1.807) is 6.07 Å². The lowest BCUT2D eigenvalue weighted by molar-refractivity contribution is 0.102. The van der Waals surface area contributed by atoms with Gasteiger partial charge in [0.15, 0.2) is 0 Å². The number of benzene rings is 1. The van der Waals surface area contributed by atoms with E-state index in [0.29, 0.717) is 27.3 Å². The zero-order chi connectivity index (χ0) is 15.0. The van der Waals surface area contributed by atoms with Gasteiger partial charge in [-0.3, -0.25) is 4.79 Å². The van der Waals surface area contributed by atoms with Crippen molar-refractivity contribution in [3.8, 4) is 0 Å². The Morgan fingerprint density at radius 1 is 1.19 bits per heavy atom. The number of hydrogen-bond donors (Lipinski definition) is 2. The van der Waals surface area contributed by atoms with Crippen LogP contribution >= 0.6 is 34.9 Å². The predicted molar refractivity (Wildman–Crippen MR) is 84.0 cm³/mol. The van der Waals surface area contributed by atoms with Crippen LogP contribution in [0.3, 0.4) is 0 Å². The third-order valence-electron chi connectivity index (χ3n) is 2.73. The first kappa shape index (κ1) is 14.0. The number of carbonyl (C=O) groups is 1. The van der Waals surface area contributed by atoms with Crippen LogP contribution in [0, 0.1) is 0 Å². The molecule has 0 bridgehead atoms. The van der Waals surface area contributed by atoms with E-state index in [4.69, 9.17) is 28.9 Å². The Balaban J connectivity index is 2.02. The molecule has 3 N–H and O–H groups in total. The van der Waals surface area contributed by atoms with Gasteiger partial charge in [-0.15, -0.1) is 0 Å². The number of nitrogen functional groups attached to an aromatic ring is 1. The summed E-state index contributed by atoms with van der Waals surface area (Å²) in [5.41, 5.74) is 7.24. The largest absolute Gasteiger partial charge is 0.384 e. The zero-order valence-electron chi connectivity index (χ0n) is 10.3. The van der Waals surface area contributed by atoms with Gasteiger partial charge in [-0.2, -0.15) is 8.75 Å². The van der Waals surface area contributed by atoms with Crippen LogP contribution in [0.5, 0.6) is 0 Å². The summed E-state index contributed by atoms with van der Waals surface area (Å²) in [7, 11) is 0. The Kier molecular flexibility index (Phi) is 3.62. The Labute approximate surface area is 133 Å². The van der Waals surface area contributed by atoms with Gasteiger partial charge in [0.25, 0.3) is 5.91 Å². The van der Waals surface area contributed by atoms with E-state index in [-0.39, 0.29) is 16.7 Å². The first-order valence-electron chi connectivity index (χ1n) is 5.69. The summed E-state index contributed by atoms with van der Waals surface area (Å²) in [6.45, 7) is 0. The Morgan fingerprint density at radius 3 is 2.71 bits per heavy atom. The average molecular weight is 340 g/mol. The molecule has 1 aromatic carbocycles. The number of anilines is 2. The normalized spacial score (nSPS) is 10.8. The van der Waals surface area contributed by atoms with Crippen molar-refractivity contribution in [3.63, 3.8) is 0 Å². The van der Waals surface area contributed by atoms with Gasteiger partial charge in [0.2, 0.25) is 0 Å². The third kappa shape index (κ3) is 2.63. The predicted octanol–water partition coefficient (Wildman–Crippen LogP) is 3.23.